The summed E-state index contributed by atoms with van der Waals surface area (Å²) in [6.45, 7) is 4.82. The molecule has 0 aliphatic carbocycles. The zero-order valence-corrected chi connectivity index (χ0v) is 21.4. The van der Waals surface area contributed by atoms with Crippen molar-refractivity contribution in [3.8, 4) is 0 Å². The number of benzene rings is 3. The third-order valence-electron chi connectivity index (χ3n) is 5.27. The van der Waals surface area contributed by atoms with Crippen molar-refractivity contribution in [3.63, 3.8) is 0 Å². The van der Waals surface area contributed by atoms with Gasteiger partial charge in [-0.15, -0.1) is 11.8 Å². The SMILES string of the molecule is CCNC(=O)[C@@H](Cc1ccccc1)N(Cc1ccc(Br)cc1)C(=O)CSc1ccc(C)cc1. The van der Waals surface area contributed by atoms with Crippen LogP contribution >= 0.6 is 27.7 Å². The second-order valence-electron chi connectivity index (χ2n) is 7.85. The predicted molar refractivity (Wildman–Crippen MR) is 139 cm³/mol. The van der Waals surface area contributed by atoms with Crippen LogP contribution in [0, 0.1) is 6.92 Å². The summed E-state index contributed by atoms with van der Waals surface area (Å²) in [7, 11) is 0. The lowest BCUT2D eigenvalue weighted by Gasteiger charge is -2.31. The maximum atomic E-state index is 13.5. The molecule has 0 radical (unpaired) electrons. The van der Waals surface area contributed by atoms with Crippen molar-refractivity contribution in [1.29, 1.82) is 0 Å². The molecule has 0 bridgehead atoms. The highest BCUT2D eigenvalue weighted by atomic mass is 79.9. The van der Waals surface area contributed by atoms with E-state index in [4.69, 9.17) is 0 Å². The largest absolute Gasteiger partial charge is 0.355 e. The molecule has 4 nitrogen and oxygen atoms in total. The number of hydrogen-bond donors (Lipinski definition) is 1. The average Bonchev–Trinajstić information content (AvgIpc) is 2.82. The van der Waals surface area contributed by atoms with Gasteiger partial charge in [0.1, 0.15) is 6.04 Å². The molecule has 0 heterocycles. The molecule has 0 fully saturated rings. The van der Waals surface area contributed by atoms with Crippen LogP contribution in [-0.2, 0) is 22.6 Å². The van der Waals surface area contributed by atoms with Crippen LogP contribution in [-0.4, -0.2) is 35.1 Å². The smallest absolute Gasteiger partial charge is 0.243 e. The van der Waals surface area contributed by atoms with E-state index in [9.17, 15) is 9.59 Å². The summed E-state index contributed by atoms with van der Waals surface area (Å²) < 4.78 is 0.976. The van der Waals surface area contributed by atoms with Crippen molar-refractivity contribution in [3.05, 3.63) is 100 Å². The number of nitrogens with zero attached hydrogens (tertiary/aromatic N) is 1. The van der Waals surface area contributed by atoms with Gasteiger partial charge in [-0.3, -0.25) is 9.59 Å². The number of thioether (sulfide) groups is 1. The number of halogens is 1. The highest BCUT2D eigenvalue weighted by Gasteiger charge is 2.30. The zero-order valence-electron chi connectivity index (χ0n) is 19.0. The minimum atomic E-state index is -0.595. The number of amides is 2. The summed E-state index contributed by atoms with van der Waals surface area (Å²) in [5.74, 6) is 0.0763. The third-order valence-corrected chi connectivity index (χ3v) is 6.80. The van der Waals surface area contributed by atoms with Gasteiger partial charge in [0.05, 0.1) is 5.75 Å². The Morgan fingerprint density at radius 2 is 1.61 bits per heavy atom. The van der Waals surface area contributed by atoms with E-state index in [1.807, 2.05) is 92.7 Å². The van der Waals surface area contributed by atoms with Crippen LogP contribution in [0.5, 0.6) is 0 Å². The standard InChI is InChI=1S/C27H29BrN2O2S/c1-3-29-27(32)25(17-21-7-5-4-6-8-21)30(18-22-11-13-23(28)14-12-22)26(31)19-33-24-15-9-20(2)10-16-24/h4-16,25H,3,17-19H2,1-2H3,(H,29,32)/t25-/m1/s1. The highest BCUT2D eigenvalue weighted by molar-refractivity contribution is 9.10. The molecule has 33 heavy (non-hydrogen) atoms. The van der Waals surface area contributed by atoms with Gasteiger partial charge in [0.25, 0.3) is 0 Å². The Balaban J connectivity index is 1.87. The first-order valence-electron chi connectivity index (χ1n) is 11.0. The van der Waals surface area contributed by atoms with E-state index in [0.717, 1.165) is 20.5 Å². The maximum Gasteiger partial charge on any atom is 0.243 e. The molecule has 0 aliphatic heterocycles. The van der Waals surface area contributed by atoms with Crippen LogP contribution in [0.25, 0.3) is 0 Å². The van der Waals surface area contributed by atoms with Crippen LogP contribution in [0.15, 0.2) is 88.2 Å². The number of rotatable bonds is 10. The van der Waals surface area contributed by atoms with E-state index in [-0.39, 0.29) is 17.6 Å². The second-order valence-corrected chi connectivity index (χ2v) is 9.81. The van der Waals surface area contributed by atoms with Crippen LogP contribution in [0.2, 0.25) is 0 Å². The van der Waals surface area contributed by atoms with E-state index in [2.05, 4.69) is 21.2 Å². The quantitative estimate of drug-likeness (QED) is 0.350. The van der Waals surface area contributed by atoms with Crippen molar-refractivity contribution < 1.29 is 9.59 Å². The Hall–Kier alpha value is -2.57. The topological polar surface area (TPSA) is 49.4 Å². The van der Waals surface area contributed by atoms with Crippen molar-refractivity contribution in [1.82, 2.24) is 10.2 Å². The molecule has 0 spiro atoms. The van der Waals surface area contributed by atoms with Gasteiger partial charge in [0.15, 0.2) is 0 Å². The Labute approximate surface area is 208 Å². The van der Waals surface area contributed by atoms with Crippen LogP contribution in [0.1, 0.15) is 23.6 Å². The molecule has 3 rings (SSSR count). The van der Waals surface area contributed by atoms with Gasteiger partial charge in [0.2, 0.25) is 11.8 Å². The predicted octanol–water partition coefficient (Wildman–Crippen LogP) is 5.63. The molecule has 1 atom stereocenters. The van der Waals surface area contributed by atoms with Crippen LogP contribution in [0.4, 0.5) is 0 Å². The first-order valence-corrected chi connectivity index (χ1v) is 12.8. The third kappa shape index (κ3) is 7.76. The monoisotopic (exact) mass is 524 g/mol. The Morgan fingerprint density at radius 1 is 0.939 bits per heavy atom. The summed E-state index contributed by atoms with van der Waals surface area (Å²) in [5, 5.41) is 2.93. The lowest BCUT2D eigenvalue weighted by Crippen LogP contribution is -2.51. The van der Waals surface area contributed by atoms with Gasteiger partial charge >= 0.3 is 0 Å². The van der Waals surface area contributed by atoms with Gasteiger partial charge in [-0.25, -0.2) is 0 Å². The lowest BCUT2D eigenvalue weighted by atomic mass is 10.0. The molecule has 2 amide bonds. The first kappa shape index (κ1) is 25.1. The van der Waals surface area contributed by atoms with Gasteiger partial charge < -0.3 is 10.2 Å². The fraction of sp³-hybridized carbons (Fsp3) is 0.259. The molecule has 3 aromatic carbocycles. The summed E-state index contributed by atoms with van der Waals surface area (Å²) in [5.41, 5.74) is 3.18. The fourth-order valence-electron chi connectivity index (χ4n) is 3.49. The molecule has 0 saturated carbocycles. The molecule has 0 unspecified atom stereocenters. The Bertz CT molecular complexity index is 1040. The fourth-order valence-corrected chi connectivity index (χ4v) is 4.54. The molecule has 3 aromatic rings. The van der Waals surface area contributed by atoms with E-state index < -0.39 is 6.04 Å². The minimum absolute atomic E-state index is 0.0596. The lowest BCUT2D eigenvalue weighted by molar-refractivity contribution is -0.139. The van der Waals surface area contributed by atoms with E-state index >= 15 is 0 Å². The average molecular weight is 526 g/mol. The Morgan fingerprint density at radius 3 is 2.24 bits per heavy atom. The van der Waals surface area contributed by atoms with Gasteiger partial charge in [-0.2, -0.15) is 0 Å². The minimum Gasteiger partial charge on any atom is -0.355 e. The van der Waals surface area contributed by atoms with E-state index in [1.54, 1.807) is 4.90 Å². The number of nitrogens with one attached hydrogen (secondary N) is 1. The zero-order chi connectivity index (χ0) is 23.6. The Kier molecular flexibility index (Phi) is 9.58. The summed E-state index contributed by atoms with van der Waals surface area (Å²) in [6.07, 6.45) is 0.462. The number of carbonyl (C=O) groups excluding carboxylic acids is 2. The van der Waals surface area contributed by atoms with Gasteiger partial charge in [0, 0.05) is 28.9 Å². The highest BCUT2D eigenvalue weighted by Crippen LogP contribution is 2.22. The van der Waals surface area contributed by atoms with Crippen LogP contribution < -0.4 is 5.32 Å². The van der Waals surface area contributed by atoms with Crippen molar-refractivity contribution in [2.24, 2.45) is 0 Å². The molecule has 172 valence electrons. The molecule has 1 N–H and O–H groups in total. The van der Waals surface area contributed by atoms with E-state index in [1.165, 1.54) is 17.3 Å². The number of hydrogen-bond acceptors (Lipinski definition) is 3. The summed E-state index contributed by atoms with van der Waals surface area (Å²) >= 11 is 4.96. The molecule has 6 heteroatoms. The van der Waals surface area contributed by atoms with Crippen molar-refractivity contribution >= 4 is 39.5 Å². The maximum absolute atomic E-state index is 13.5. The summed E-state index contributed by atoms with van der Waals surface area (Å²) in [4.78, 5) is 29.4. The normalized spacial score (nSPS) is 11.6. The second kappa shape index (κ2) is 12.6. The number of carbonyl (C=O) groups is 2. The molecular weight excluding hydrogens is 496 g/mol. The first-order chi connectivity index (χ1) is 16.0. The van der Waals surface area contributed by atoms with E-state index in [0.29, 0.717) is 19.5 Å². The number of likely N-dealkylation sites (N-methyl/N-ethyl adjacent to an activating group) is 1. The summed E-state index contributed by atoms with van der Waals surface area (Å²) in [6, 6.07) is 25.3. The van der Waals surface area contributed by atoms with Crippen molar-refractivity contribution in [2.45, 2.75) is 37.8 Å². The van der Waals surface area contributed by atoms with Gasteiger partial charge in [-0.05, 0) is 49.2 Å². The van der Waals surface area contributed by atoms with Crippen molar-refractivity contribution in [2.75, 3.05) is 12.3 Å². The molecular formula is C27H29BrN2O2S. The molecule has 0 saturated heterocycles. The van der Waals surface area contributed by atoms with Crippen LogP contribution in [0.3, 0.4) is 0 Å². The molecule has 0 aliphatic rings. The molecule has 0 aromatic heterocycles. The van der Waals surface area contributed by atoms with Gasteiger partial charge in [-0.1, -0.05) is 76.1 Å². The number of aryl methyl sites for hydroxylation is 1.